The molecule has 0 saturated heterocycles. The summed E-state index contributed by atoms with van der Waals surface area (Å²) in [4.78, 5) is 4.77. The maximum atomic E-state index is 10.2. The number of halogens is 1. The highest BCUT2D eigenvalue weighted by Gasteiger charge is 2.43. The first-order valence-electron chi connectivity index (χ1n) is 10.1. The average molecular weight is 509 g/mol. The first-order chi connectivity index (χ1) is 13.7. The molecule has 158 valence electrons. The highest BCUT2D eigenvalue weighted by molar-refractivity contribution is 14.0. The van der Waals surface area contributed by atoms with Crippen molar-refractivity contribution in [3.05, 3.63) is 71.8 Å². The maximum absolute atomic E-state index is 10.2. The van der Waals surface area contributed by atoms with Crippen molar-refractivity contribution in [1.82, 2.24) is 10.6 Å². The Hall–Kier alpha value is -1.64. The lowest BCUT2D eigenvalue weighted by Gasteiger charge is -2.17. The summed E-state index contributed by atoms with van der Waals surface area (Å²) in [5.41, 5.74) is 2.65. The Morgan fingerprint density at radius 3 is 2.34 bits per heavy atom. The quantitative estimate of drug-likeness (QED) is 0.261. The van der Waals surface area contributed by atoms with Crippen molar-refractivity contribution in [2.24, 2.45) is 4.99 Å². The zero-order valence-corrected chi connectivity index (χ0v) is 19.3. The molecule has 0 amide bonds. The van der Waals surface area contributed by atoms with Crippen LogP contribution in [0.2, 0.25) is 0 Å². The molecule has 0 heterocycles. The number of aliphatic hydroxyl groups is 1. The molecule has 1 aliphatic carbocycles. The van der Waals surface area contributed by atoms with Crippen LogP contribution in [0.15, 0.2) is 65.7 Å². The maximum Gasteiger partial charge on any atom is 0.191 e. The summed E-state index contributed by atoms with van der Waals surface area (Å²) in [6.07, 6.45) is 1.77. The van der Waals surface area contributed by atoms with Gasteiger partial charge in [-0.1, -0.05) is 60.7 Å². The van der Waals surface area contributed by atoms with Crippen LogP contribution in [-0.4, -0.2) is 43.4 Å². The van der Waals surface area contributed by atoms with E-state index in [1.54, 1.807) is 0 Å². The molecule has 0 bridgehead atoms. The summed E-state index contributed by atoms with van der Waals surface area (Å²) in [6.45, 7) is 4.78. The van der Waals surface area contributed by atoms with Crippen LogP contribution in [0.25, 0.3) is 0 Å². The summed E-state index contributed by atoms with van der Waals surface area (Å²) in [5, 5.41) is 16.7. The van der Waals surface area contributed by atoms with Gasteiger partial charge in [-0.3, -0.25) is 4.99 Å². The number of benzene rings is 2. The normalized spacial score (nSPS) is 15.9. The van der Waals surface area contributed by atoms with E-state index in [2.05, 4.69) is 41.0 Å². The smallest absolute Gasteiger partial charge is 0.191 e. The van der Waals surface area contributed by atoms with Crippen molar-refractivity contribution in [3.8, 4) is 0 Å². The van der Waals surface area contributed by atoms with Crippen molar-refractivity contribution in [2.45, 2.75) is 37.9 Å². The van der Waals surface area contributed by atoms with Crippen LogP contribution in [0.3, 0.4) is 0 Å². The fourth-order valence-corrected chi connectivity index (χ4v) is 3.21. The molecule has 0 aromatic heterocycles. The Balaban J connectivity index is 0.00000300. The van der Waals surface area contributed by atoms with Crippen molar-refractivity contribution in [3.63, 3.8) is 0 Å². The van der Waals surface area contributed by atoms with Gasteiger partial charge in [0, 0.05) is 18.5 Å². The van der Waals surface area contributed by atoms with E-state index in [1.165, 1.54) is 18.4 Å². The highest BCUT2D eigenvalue weighted by Crippen LogP contribution is 2.48. The molecule has 3 N–H and O–H groups in total. The second kappa shape index (κ2) is 12.1. The molecule has 5 nitrogen and oxygen atoms in total. The molecule has 29 heavy (non-hydrogen) atoms. The van der Waals surface area contributed by atoms with Crippen molar-refractivity contribution in [1.29, 1.82) is 0 Å². The van der Waals surface area contributed by atoms with Crippen LogP contribution in [0, 0.1) is 0 Å². The van der Waals surface area contributed by atoms with Gasteiger partial charge in [0.25, 0.3) is 0 Å². The Morgan fingerprint density at radius 1 is 1.07 bits per heavy atom. The fourth-order valence-electron chi connectivity index (χ4n) is 3.21. The van der Waals surface area contributed by atoms with Crippen molar-refractivity contribution >= 4 is 29.9 Å². The Morgan fingerprint density at radius 2 is 1.72 bits per heavy atom. The number of nitrogens with zero attached hydrogens (tertiary/aromatic N) is 1. The van der Waals surface area contributed by atoms with E-state index < -0.39 is 6.10 Å². The second-order valence-corrected chi connectivity index (χ2v) is 7.38. The third-order valence-electron chi connectivity index (χ3n) is 5.05. The fraction of sp³-hybridized carbons (Fsp3) is 0.435. The van der Waals surface area contributed by atoms with Crippen LogP contribution in [-0.2, 0) is 16.8 Å². The number of aliphatic imine (C=N–C) groups is 1. The topological polar surface area (TPSA) is 65.9 Å². The van der Waals surface area contributed by atoms with Gasteiger partial charge in [0.2, 0.25) is 0 Å². The number of nitrogens with one attached hydrogen (secondary N) is 2. The molecule has 1 unspecified atom stereocenters. The van der Waals surface area contributed by atoms with Crippen LogP contribution in [0.1, 0.15) is 30.9 Å². The summed E-state index contributed by atoms with van der Waals surface area (Å²) < 4.78 is 5.61. The third-order valence-corrected chi connectivity index (χ3v) is 5.05. The summed E-state index contributed by atoms with van der Waals surface area (Å²) in [5.74, 6) is 0.742. The third kappa shape index (κ3) is 7.60. The lowest BCUT2D eigenvalue weighted by atomic mass is 9.96. The number of guanidine groups is 1. The van der Waals surface area contributed by atoms with Gasteiger partial charge in [0.05, 0.1) is 25.9 Å². The molecule has 2 aromatic rings. The lowest BCUT2D eigenvalue weighted by molar-refractivity contribution is 0.0308. The SMILES string of the molecule is CCNC(=NCC1(c2ccccc2)CC1)NCC(O)COCc1ccccc1.I. The predicted molar refractivity (Wildman–Crippen MR) is 129 cm³/mol. The zero-order chi connectivity index (χ0) is 19.7. The molecular weight excluding hydrogens is 477 g/mol. The number of aliphatic hydroxyl groups excluding tert-OH is 1. The van der Waals surface area contributed by atoms with E-state index in [4.69, 9.17) is 9.73 Å². The van der Waals surface area contributed by atoms with Crippen LogP contribution in [0.5, 0.6) is 0 Å². The molecule has 3 rings (SSSR count). The lowest BCUT2D eigenvalue weighted by Crippen LogP contribution is -2.42. The Labute approximate surface area is 191 Å². The van der Waals surface area contributed by atoms with Crippen LogP contribution in [0.4, 0.5) is 0 Å². The van der Waals surface area contributed by atoms with E-state index in [0.717, 1.165) is 24.6 Å². The van der Waals surface area contributed by atoms with E-state index in [0.29, 0.717) is 13.2 Å². The number of ether oxygens (including phenoxy) is 1. The molecule has 0 aliphatic heterocycles. The van der Waals surface area contributed by atoms with Crippen LogP contribution < -0.4 is 10.6 Å². The molecule has 0 spiro atoms. The zero-order valence-electron chi connectivity index (χ0n) is 17.0. The second-order valence-electron chi connectivity index (χ2n) is 7.38. The van der Waals surface area contributed by atoms with Gasteiger partial charge >= 0.3 is 0 Å². The Bertz CT molecular complexity index is 736. The Kier molecular flexibility index (Phi) is 9.90. The van der Waals surface area contributed by atoms with E-state index in [9.17, 15) is 5.11 Å². The summed E-state index contributed by atoms with van der Waals surface area (Å²) >= 11 is 0. The van der Waals surface area contributed by atoms with Gasteiger partial charge in [-0.15, -0.1) is 24.0 Å². The standard InChI is InChI=1S/C23H31N3O2.HI/c1-2-24-22(26-18-23(13-14-23)20-11-7-4-8-12-20)25-15-21(27)17-28-16-19-9-5-3-6-10-19;/h3-12,21,27H,2,13-18H2,1H3,(H2,24,25,26);1H. The number of hydrogen-bond acceptors (Lipinski definition) is 3. The number of rotatable bonds is 10. The van der Waals surface area contributed by atoms with Gasteiger partial charge < -0.3 is 20.5 Å². The van der Waals surface area contributed by atoms with Gasteiger partial charge in [0.1, 0.15) is 0 Å². The predicted octanol–water partition coefficient (Wildman–Crippen LogP) is 3.47. The summed E-state index contributed by atoms with van der Waals surface area (Å²) in [7, 11) is 0. The van der Waals surface area contributed by atoms with Crippen molar-refractivity contribution < 1.29 is 9.84 Å². The van der Waals surface area contributed by atoms with Gasteiger partial charge in [-0.05, 0) is 30.9 Å². The first-order valence-corrected chi connectivity index (χ1v) is 10.1. The number of hydrogen-bond donors (Lipinski definition) is 3. The van der Waals surface area contributed by atoms with E-state index >= 15 is 0 Å². The van der Waals surface area contributed by atoms with Crippen LogP contribution >= 0.6 is 24.0 Å². The molecule has 0 radical (unpaired) electrons. The minimum absolute atomic E-state index is 0. The van der Waals surface area contributed by atoms with Gasteiger partial charge in [-0.25, -0.2) is 0 Å². The highest BCUT2D eigenvalue weighted by atomic mass is 127. The molecule has 1 fully saturated rings. The molecule has 6 heteroatoms. The largest absolute Gasteiger partial charge is 0.389 e. The average Bonchev–Trinajstić information content (AvgIpc) is 3.53. The van der Waals surface area contributed by atoms with Crippen molar-refractivity contribution in [2.75, 3.05) is 26.2 Å². The molecule has 1 saturated carbocycles. The minimum atomic E-state index is -0.587. The van der Waals surface area contributed by atoms with E-state index in [1.807, 2.05) is 37.3 Å². The van der Waals surface area contributed by atoms with Gasteiger partial charge in [0.15, 0.2) is 5.96 Å². The molecule has 1 aliphatic rings. The molecule has 1 atom stereocenters. The first kappa shape index (κ1) is 23.6. The van der Waals surface area contributed by atoms with Gasteiger partial charge in [-0.2, -0.15) is 0 Å². The molecular formula is C23H32IN3O2. The van der Waals surface area contributed by atoms with E-state index in [-0.39, 0.29) is 36.0 Å². The monoisotopic (exact) mass is 509 g/mol. The minimum Gasteiger partial charge on any atom is -0.389 e. The summed E-state index contributed by atoms with van der Waals surface area (Å²) in [6, 6.07) is 20.6. The molecule has 2 aromatic carbocycles.